The van der Waals surface area contributed by atoms with Crippen LogP contribution in [0.5, 0.6) is 5.75 Å². The minimum atomic E-state index is -0.366. The second-order valence-electron chi connectivity index (χ2n) is 4.41. The fourth-order valence-corrected chi connectivity index (χ4v) is 3.32. The van der Waals surface area contributed by atoms with Gasteiger partial charge in [0.05, 0.1) is 30.2 Å². The van der Waals surface area contributed by atoms with Crippen molar-refractivity contribution in [3.63, 3.8) is 0 Å². The standard InChI is InChI=1S/C15H18N2O3S/c1-4-20-14(18)12-9(2)17-15(16)21-13(12)10-7-5-6-8-11(10)19-3/h5-8,13H,4H2,1-3H3,(H2,16,17). The zero-order valence-electron chi connectivity index (χ0n) is 12.3. The van der Waals surface area contributed by atoms with E-state index >= 15 is 0 Å². The van der Waals surface area contributed by atoms with Crippen LogP contribution in [0.3, 0.4) is 0 Å². The van der Waals surface area contributed by atoms with E-state index in [0.717, 1.165) is 5.56 Å². The van der Waals surface area contributed by atoms with Gasteiger partial charge in [0.1, 0.15) is 5.75 Å². The molecule has 0 amide bonds. The number of carbonyl (C=O) groups is 1. The summed E-state index contributed by atoms with van der Waals surface area (Å²) in [7, 11) is 1.60. The van der Waals surface area contributed by atoms with Crippen molar-refractivity contribution in [2.45, 2.75) is 19.1 Å². The molecule has 0 radical (unpaired) electrons. The Balaban J connectivity index is 2.50. The van der Waals surface area contributed by atoms with Crippen molar-refractivity contribution in [1.82, 2.24) is 0 Å². The molecule has 0 aliphatic carbocycles. The summed E-state index contributed by atoms with van der Waals surface area (Å²) in [5.41, 5.74) is 7.84. The normalized spacial score (nSPS) is 18.2. The number of aliphatic imine (C=N–C) groups is 1. The smallest absolute Gasteiger partial charge is 0.337 e. The Morgan fingerprint density at radius 3 is 2.81 bits per heavy atom. The zero-order chi connectivity index (χ0) is 15.4. The van der Waals surface area contributed by atoms with Crippen LogP contribution in [0, 0.1) is 0 Å². The molecule has 1 aliphatic heterocycles. The van der Waals surface area contributed by atoms with Gasteiger partial charge in [0.2, 0.25) is 0 Å². The molecule has 0 saturated carbocycles. The van der Waals surface area contributed by atoms with Crippen molar-refractivity contribution in [1.29, 1.82) is 0 Å². The summed E-state index contributed by atoms with van der Waals surface area (Å²) in [5.74, 6) is 0.342. The lowest BCUT2D eigenvalue weighted by Crippen LogP contribution is -2.22. The van der Waals surface area contributed by atoms with E-state index < -0.39 is 0 Å². The lowest BCUT2D eigenvalue weighted by atomic mass is 10.0. The highest BCUT2D eigenvalue weighted by atomic mass is 32.2. The molecule has 21 heavy (non-hydrogen) atoms. The van der Waals surface area contributed by atoms with E-state index in [2.05, 4.69) is 4.99 Å². The van der Waals surface area contributed by atoms with Crippen LogP contribution in [0.4, 0.5) is 0 Å². The lowest BCUT2D eigenvalue weighted by Gasteiger charge is -2.25. The lowest BCUT2D eigenvalue weighted by molar-refractivity contribution is -0.138. The van der Waals surface area contributed by atoms with E-state index in [9.17, 15) is 4.79 Å². The molecule has 0 bridgehead atoms. The average Bonchev–Trinajstić information content (AvgIpc) is 2.46. The summed E-state index contributed by atoms with van der Waals surface area (Å²) in [4.78, 5) is 16.4. The highest BCUT2D eigenvalue weighted by Crippen LogP contribution is 2.44. The fourth-order valence-electron chi connectivity index (χ4n) is 2.19. The maximum absolute atomic E-state index is 12.3. The molecule has 2 rings (SSSR count). The first-order valence-electron chi connectivity index (χ1n) is 6.60. The van der Waals surface area contributed by atoms with Crippen LogP contribution < -0.4 is 10.5 Å². The Kier molecular flexibility index (Phi) is 4.90. The number of benzene rings is 1. The number of amidine groups is 1. The van der Waals surface area contributed by atoms with Crippen LogP contribution >= 0.6 is 11.8 Å². The number of ether oxygens (including phenoxy) is 2. The largest absolute Gasteiger partial charge is 0.496 e. The second kappa shape index (κ2) is 6.67. The van der Waals surface area contributed by atoms with Gasteiger partial charge in [-0.3, -0.25) is 0 Å². The second-order valence-corrected chi connectivity index (χ2v) is 5.53. The van der Waals surface area contributed by atoms with Gasteiger partial charge in [0.25, 0.3) is 0 Å². The van der Waals surface area contributed by atoms with Gasteiger partial charge in [-0.05, 0) is 19.9 Å². The monoisotopic (exact) mass is 306 g/mol. The number of methoxy groups -OCH3 is 1. The van der Waals surface area contributed by atoms with Gasteiger partial charge in [-0.1, -0.05) is 30.0 Å². The molecule has 1 unspecified atom stereocenters. The Labute approximate surface area is 128 Å². The van der Waals surface area contributed by atoms with E-state index in [1.54, 1.807) is 21.0 Å². The number of nitrogens with zero attached hydrogens (tertiary/aromatic N) is 1. The predicted molar refractivity (Wildman–Crippen MR) is 84.3 cm³/mol. The number of nitrogens with two attached hydrogens (primary N) is 1. The summed E-state index contributed by atoms with van der Waals surface area (Å²) < 4.78 is 10.5. The molecule has 1 aromatic carbocycles. The summed E-state index contributed by atoms with van der Waals surface area (Å²) in [5, 5.41) is 0.147. The van der Waals surface area contributed by atoms with Gasteiger partial charge in [0.15, 0.2) is 5.17 Å². The molecule has 1 aromatic rings. The molecule has 0 fully saturated rings. The van der Waals surface area contributed by atoms with Crippen LogP contribution in [0.2, 0.25) is 0 Å². The Morgan fingerprint density at radius 2 is 2.14 bits per heavy atom. The van der Waals surface area contributed by atoms with Crippen LogP contribution in [-0.2, 0) is 9.53 Å². The molecule has 5 nitrogen and oxygen atoms in total. The maximum Gasteiger partial charge on any atom is 0.337 e. The number of thioether (sulfide) groups is 1. The van der Waals surface area contributed by atoms with E-state index in [1.165, 1.54) is 11.8 Å². The molecule has 0 saturated heterocycles. The molecule has 2 N–H and O–H groups in total. The molecule has 0 spiro atoms. The van der Waals surface area contributed by atoms with Crippen LogP contribution in [0.15, 0.2) is 40.5 Å². The van der Waals surface area contributed by atoms with Gasteiger partial charge in [0, 0.05) is 5.56 Å². The first-order valence-corrected chi connectivity index (χ1v) is 7.48. The van der Waals surface area contributed by atoms with Crippen molar-refractivity contribution in [3.8, 4) is 5.75 Å². The topological polar surface area (TPSA) is 73.9 Å². The van der Waals surface area contributed by atoms with Crippen molar-refractivity contribution in [3.05, 3.63) is 41.1 Å². The van der Waals surface area contributed by atoms with Crippen molar-refractivity contribution >= 4 is 22.9 Å². The quantitative estimate of drug-likeness (QED) is 0.866. The highest BCUT2D eigenvalue weighted by molar-refractivity contribution is 8.14. The minimum absolute atomic E-state index is 0.280. The SMILES string of the molecule is CCOC(=O)C1=C(C)N=C(N)SC1c1ccccc1OC. The highest BCUT2D eigenvalue weighted by Gasteiger charge is 2.32. The van der Waals surface area contributed by atoms with Gasteiger partial charge in [-0.2, -0.15) is 0 Å². The van der Waals surface area contributed by atoms with Gasteiger partial charge < -0.3 is 15.2 Å². The molecule has 112 valence electrons. The predicted octanol–water partition coefficient (Wildman–Crippen LogP) is 2.63. The summed E-state index contributed by atoms with van der Waals surface area (Å²) in [6.07, 6.45) is 0. The number of para-hydroxylation sites is 1. The first-order chi connectivity index (χ1) is 10.1. The van der Waals surface area contributed by atoms with Crippen LogP contribution in [0.1, 0.15) is 24.7 Å². The Bertz CT molecular complexity index is 611. The average molecular weight is 306 g/mol. The molecular weight excluding hydrogens is 288 g/mol. The maximum atomic E-state index is 12.3. The zero-order valence-corrected chi connectivity index (χ0v) is 13.1. The first kappa shape index (κ1) is 15.4. The third-order valence-electron chi connectivity index (χ3n) is 3.09. The summed E-state index contributed by atoms with van der Waals surface area (Å²) in [6.45, 7) is 3.86. The van der Waals surface area contributed by atoms with E-state index in [4.69, 9.17) is 15.2 Å². The van der Waals surface area contributed by atoms with Gasteiger partial charge in [-0.25, -0.2) is 9.79 Å². The number of esters is 1. The fraction of sp³-hybridized carbons (Fsp3) is 0.333. The van der Waals surface area contributed by atoms with Gasteiger partial charge in [-0.15, -0.1) is 0 Å². The number of allylic oxidation sites excluding steroid dienone is 1. The molecule has 6 heteroatoms. The molecule has 1 atom stereocenters. The summed E-state index contributed by atoms with van der Waals surface area (Å²) >= 11 is 1.32. The summed E-state index contributed by atoms with van der Waals surface area (Å²) in [6, 6.07) is 7.56. The molecule has 1 aliphatic rings. The van der Waals surface area contributed by atoms with Crippen LogP contribution in [0.25, 0.3) is 0 Å². The molecule has 0 aromatic heterocycles. The number of rotatable bonds is 4. The van der Waals surface area contributed by atoms with Crippen molar-refractivity contribution in [2.24, 2.45) is 10.7 Å². The molecular formula is C15H18N2O3S. The van der Waals surface area contributed by atoms with Gasteiger partial charge >= 0.3 is 5.97 Å². The minimum Gasteiger partial charge on any atom is -0.496 e. The van der Waals surface area contributed by atoms with Crippen molar-refractivity contribution in [2.75, 3.05) is 13.7 Å². The third kappa shape index (κ3) is 3.21. The molecule has 1 heterocycles. The van der Waals surface area contributed by atoms with Crippen molar-refractivity contribution < 1.29 is 14.3 Å². The Hall–Kier alpha value is -1.95. The Morgan fingerprint density at radius 1 is 1.43 bits per heavy atom. The van der Waals surface area contributed by atoms with Crippen LogP contribution in [-0.4, -0.2) is 24.9 Å². The number of hydrogen-bond donors (Lipinski definition) is 1. The van der Waals surface area contributed by atoms with E-state index in [1.807, 2.05) is 24.3 Å². The number of hydrogen-bond acceptors (Lipinski definition) is 6. The van der Waals surface area contributed by atoms with E-state index in [0.29, 0.717) is 28.8 Å². The number of carbonyl (C=O) groups excluding carboxylic acids is 1. The third-order valence-corrected chi connectivity index (χ3v) is 4.14. The van der Waals surface area contributed by atoms with E-state index in [-0.39, 0.29) is 11.2 Å².